The van der Waals surface area contributed by atoms with E-state index in [0.29, 0.717) is 6.04 Å². The fourth-order valence-electron chi connectivity index (χ4n) is 3.50. The Morgan fingerprint density at radius 3 is 2.56 bits per heavy atom. The van der Waals surface area contributed by atoms with Crippen molar-refractivity contribution in [2.45, 2.75) is 38.1 Å². The van der Waals surface area contributed by atoms with Crippen molar-refractivity contribution in [2.24, 2.45) is 5.92 Å². The number of rotatable bonds is 2. The Kier molecular flexibility index (Phi) is 3.84. The Bertz CT molecular complexity index is 357. The van der Waals surface area contributed by atoms with E-state index >= 15 is 0 Å². The number of nitrogens with zero attached hydrogens (tertiary/aromatic N) is 1. The van der Waals surface area contributed by atoms with Crippen molar-refractivity contribution in [1.82, 2.24) is 5.32 Å². The fourth-order valence-corrected chi connectivity index (χ4v) is 3.50. The molecular formula is C16H24N2. The van der Waals surface area contributed by atoms with Crippen LogP contribution in [-0.4, -0.2) is 25.7 Å². The van der Waals surface area contributed by atoms with Gasteiger partial charge in [-0.05, 0) is 30.9 Å². The number of anilines is 1. The highest BCUT2D eigenvalue weighted by molar-refractivity contribution is 5.46. The lowest BCUT2D eigenvalue weighted by atomic mass is 9.83. The number of nitrogens with one attached hydrogen (secondary N) is 1. The molecule has 1 aliphatic heterocycles. The van der Waals surface area contributed by atoms with Gasteiger partial charge in [-0.2, -0.15) is 0 Å². The Morgan fingerprint density at radius 1 is 1.00 bits per heavy atom. The minimum Gasteiger partial charge on any atom is -0.369 e. The van der Waals surface area contributed by atoms with Gasteiger partial charge < -0.3 is 10.2 Å². The summed E-state index contributed by atoms with van der Waals surface area (Å²) in [5.74, 6) is 0.908. The van der Waals surface area contributed by atoms with Crippen molar-refractivity contribution in [3.63, 3.8) is 0 Å². The van der Waals surface area contributed by atoms with Crippen LogP contribution in [0.1, 0.15) is 32.1 Å². The highest BCUT2D eigenvalue weighted by atomic mass is 15.2. The van der Waals surface area contributed by atoms with E-state index in [1.165, 1.54) is 44.3 Å². The molecule has 1 aromatic carbocycles. The molecule has 0 radical (unpaired) electrons. The van der Waals surface area contributed by atoms with Crippen LogP contribution in [0.25, 0.3) is 0 Å². The average Bonchev–Trinajstić information content (AvgIpc) is 2.49. The van der Waals surface area contributed by atoms with Gasteiger partial charge in [0.25, 0.3) is 0 Å². The first-order valence-electron chi connectivity index (χ1n) is 7.47. The molecule has 0 bridgehead atoms. The summed E-state index contributed by atoms with van der Waals surface area (Å²) in [5.41, 5.74) is 1.39. The van der Waals surface area contributed by atoms with Crippen LogP contribution in [-0.2, 0) is 0 Å². The molecule has 0 spiro atoms. The molecule has 0 aromatic heterocycles. The zero-order chi connectivity index (χ0) is 12.2. The predicted octanol–water partition coefficient (Wildman–Crippen LogP) is 3.05. The molecule has 2 nitrogen and oxygen atoms in total. The van der Waals surface area contributed by atoms with Crippen LogP contribution in [0.5, 0.6) is 0 Å². The Hall–Kier alpha value is -1.02. The van der Waals surface area contributed by atoms with Gasteiger partial charge in [0.05, 0.1) is 0 Å². The van der Waals surface area contributed by atoms with Crippen molar-refractivity contribution >= 4 is 5.69 Å². The second-order valence-corrected chi connectivity index (χ2v) is 5.74. The van der Waals surface area contributed by atoms with Crippen LogP contribution in [0.3, 0.4) is 0 Å². The van der Waals surface area contributed by atoms with Crippen LogP contribution in [0.2, 0.25) is 0 Å². The van der Waals surface area contributed by atoms with E-state index in [-0.39, 0.29) is 0 Å². The first kappa shape index (κ1) is 12.0. The summed E-state index contributed by atoms with van der Waals surface area (Å²) in [6, 6.07) is 11.6. The smallest absolute Gasteiger partial charge is 0.0367 e. The van der Waals surface area contributed by atoms with E-state index in [1.807, 2.05) is 0 Å². The van der Waals surface area contributed by atoms with Crippen molar-refractivity contribution in [2.75, 3.05) is 24.5 Å². The number of hydrogen-bond acceptors (Lipinski definition) is 2. The topological polar surface area (TPSA) is 15.3 Å². The number of hydrogen-bond donors (Lipinski definition) is 1. The Morgan fingerprint density at radius 2 is 1.78 bits per heavy atom. The maximum Gasteiger partial charge on any atom is 0.0367 e. The van der Waals surface area contributed by atoms with Crippen LogP contribution >= 0.6 is 0 Å². The predicted molar refractivity (Wildman–Crippen MR) is 77.0 cm³/mol. The van der Waals surface area contributed by atoms with Gasteiger partial charge in [-0.1, -0.05) is 37.5 Å². The van der Waals surface area contributed by atoms with Gasteiger partial charge in [-0.25, -0.2) is 0 Å². The van der Waals surface area contributed by atoms with Crippen LogP contribution in [0, 0.1) is 5.92 Å². The minimum absolute atomic E-state index is 0.708. The zero-order valence-corrected chi connectivity index (χ0v) is 11.1. The highest BCUT2D eigenvalue weighted by Gasteiger charge is 2.27. The molecular weight excluding hydrogens is 220 g/mol. The molecule has 18 heavy (non-hydrogen) atoms. The first-order valence-corrected chi connectivity index (χ1v) is 7.47. The third kappa shape index (κ3) is 2.69. The largest absolute Gasteiger partial charge is 0.369 e. The molecule has 1 unspecified atom stereocenters. The summed E-state index contributed by atoms with van der Waals surface area (Å²) in [4.78, 5) is 2.55. The highest BCUT2D eigenvalue weighted by Crippen LogP contribution is 2.28. The van der Waals surface area contributed by atoms with Gasteiger partial charge in [0.2, 0.25) is 0 Å². The molecule has 1 aliphatic carbocycles. The summed E-state index contributed by atoms with van der Waals surface area (Å²) >= 11 is 0. The maximum absolute atomic E-state index is 3.75. The van der Waals surface area contributed by atoms with E-state index < -0.39 is 0 Å². The quantitative estimate of drug-likeness (QED) is 0.860. The molecule has 2 heteroatoms. The lowest BCUT2D eigenvalue weighted by Crippen LogP contribution is -2.54. The number of piperazine rings is 1. The van der Waals surface area contributed by atoms with Gasteiger partial charge in [0, 0.05) is 31.4 Å². The van der Waals surface area contributed by atoms with Crippen LogP contribution in [0.15, 0.2) is 30.3 Å². The molecule has 1 atom stereocenters. The standard InChI is InChI=1S/C16H24N2/c1-3-7-14(8-4-1)16-13-18(12-11-17-16)15-9-5-2-6-10-15/h2,5-6,9-10,14,16-17H,1,3-4,7-8,11-13H2. The third-order valence-electron chi connectivity index (χ3n) is 4.55. The summed E-state index contributed by atoms with van der Waals surface area (Å²) in [6.45, 7) is 3.47. The summed E-state index contributed by atoms with van der Waals surface area (Å²) in [5, 5.41) is 3.75. The molecule has 1 N–H and O–H groups in total. The van der Waals surface area contributed by atoms with Crippen molar-refractivity contribution in [3.05, 3.63) is 30.3 Å². The van der Waals surface area contributed by atoms with E-state index in [1.54, 1.807) is 0 Å². The van der Waals surface area contributed by atoms with E-state index in [4.69, 9.17) is 0 Å². The monoisotopic (exact) mass is 244 g/mol. The van der Waals surface area contributed by atoms with Gasteiger partial charge in [0.1, 0.15) is 0 Å². The molecule has 1 saturated carbocycles. The van der Waals surface area contributed by atoms with Crippen LogP contribution < -0.4 is 10.2 Å². The Balaban J connectivity index is 1.64. The molecule has 1 heterocycles. The van der Waals surface area contributed by atoms with Gasteiger partial charge in [-0.3, -0.25) is 0 Å². The molecule has 1 aromatic rings. The average molecular weight is 244 g/mol. The normalized spacial score (nSPS) is 26.2. The first-order chi connectivity index (χ1) is 8.93. The summed E-state index contributed by atoms with van der Waals surface area (Å²) in [6.07, 6.45) is 7.19. The maximum atomic E-state index is 3.75. The lowest BCUT2D eigenvalue weighted by Gasteiger charge is -2.40. The second-order valence-electron chi connectivity index (χ2n) is 5.74. The van der Waals surface area contributed by atoms with E-state index in [0.717, 1.165) is 19.0 Å². The van der Waals surface area contributed by atoms with E-state index in [2.05, 4.69) is 40.5 Å². The molecule has 2 fully saturated rings. The third-order valence-corrected chi connectivity index (χ3v) is 4.55. The molecule has 1 saturated heterocycles. The van der Waals surface area contributed by atoms with Crippen molar-refractivity contribution < 1.29 is 0 Å². The SMILES string of the molecule is c1ccc(N2CCNC(C3CCCCC3)C2)cc1. The molecule has 2 aliphatic rings. The van der Waals surface area contributed by atoms with Crippen molar-refractivity contribution in [1.29, 1.82) is 0 Å². The minimum atomic E-state index is 0.708. The molecule has 98 valence electrons. The van der Waals surface area contributed by atoms with Gasteiger partial charge >= 0.3 is 0 Å². The summed E-state index contributed by atoms with van der Waals surface area (Å²) < 4.78 is 0. The zero-order valence-electron chi connectivity index (χ0n) is 11.1. The molecule has 0 amide bonds. The fraction of sp³-hybridized carbons (Fsp3) is 0.625. The summed E-state index contributed by atoms with van der Waals surface area (Å²) in [7, 11) is 0. The van der Waals surface area contributed by atoms with Crippen molar-refractivity contribution in [3.8, 4) is 0 Å². The number of benzene rings is 1. The van der Waals surface area contributed by atoms with Gasteiger partial charge in [0.15, 0.2) is 0 Å². The lowest BCUT2D eigenvalue weighted by molar-refractivity contribution is 0.257. The molecule has 3 rings (SSSR count). The van der Waals surface area contributed by atoms with Gasteiger partial charge in [-0.15, -0.1) is 0 Å². The Labute approximate surface area is 110 Å². The second kappa shape index (κ2) is 5.75. The van der Waals surface area contributed by atoms with Crippen LogP contribution in [0.4, 0.5) is 5.69 Å². The van der Waals surface area contributed by atoms with E-state index in [9.17, 15) is 0 Å². The number of para-hydroxylation sites is 1.